The summed E-state index contributed by atoms with van der Waals surface area (Å²) in [7, 11) is 0. The quantitative estimate of drug-likeness (QED) is 0.452. The average molecular weight is 375 g/mol. The predicted molar refractivity (Wildman–Crippen MR) is 99.2 cm³/mol. The molecule has 0 spiro atoms. The number of nitrogens with zero attached hydrogens (tertiary/aromatic N) is 2. The van der Waals surface area contributed by atoms with Crippen LogP contribution in [-0.2, 0) is 16.1 Å². The predicted octanol–water partition coefficient (Wildman–Crippen LogP) is 2.02. The number of carbonyl (C=O) groups excluding carboxylic acids is 2. The minimum Gasteiger partial charge on any atom is -0.462 e. The van der Waals surface area contributed by atoms with Crippen LogP contribution >= 0.6 is 11.8 Å². The first-order valence-electron chi connectivity index (χ1n) is 8.13. The van der Waals surface area contributed by atoms with Gasteiger partial charge in [0.05, 0.1) is 18.8 Å². The number of rotatable bonds is 7. The molecule has 1 atom stereocenters. The zero-order valence-electron chi connectivity index (χ0n) is 14.9. The Morgan fingerprint density at radius 3 is 2.62 bits per heavy atom. The van der Waals surface area contributed by atoms with Gasteiger partial charge in [-0.2, -0.15) is 0 Å². The van der Waals surface area contributed by atoms with Crippen molar-refractivity contribution in [2.75, 3.05) is 12.9 Å². The molecule has 0 fully saturated rings. The zero-order chi connectivity index (χ0) is 19.1. The summed E-state index contributed by atoms with van der Waals surface area (Å²) >= 11 is 1.22. The van der Waals surface area contributed by atoms with E-state index in [0.29, 0.717) is 5.16 Å². The third kappa shape index (κ3) is 4.72. The van der Waals surface area contributed by atoms with Crippen LogP contribution in [-0.4, -0.2) is 34.3 Å². The van der Waals surface area contributed by atoms with E-state index in [9.17, 15) is 14.4 Å². The molecule has 1 N–H and O–H groups in total. The number of ether oxygens (including phenoxy) is 1. The van der Waals surface area contributed by atoms with Gasteiger partial charge < -0.3 is 10.1 Å². The monoisotopic (exact) mass is 375 g/mol. The van der Waals surface area contributed by atoms with E-state index in [1.165, 1.54) is 22.5 Å². The lowest BCUT2D eigenvalue weighted by Crippen LogP contribution is -2.36. The van der Waals surface area contributed by atoms with Crippen molar-refractivity contribution in [3.63, 3.8) is 0 Å². The molecule has 0 saturated carbocycles. The lowest BCUT2D eigenvalue weighted by Gasteiger charge is -2.16. The van der Waals surface area contributed by atoms with E-state index in [1.807, 2.05) is 37.3 Å². The third-order valence-electron chi connectivity index (χ3n) is 3.67. The summed E-state index contributed by atoms with van der Waals surface area (Å²) < 4.78 is 6.05. The summed E-state index contributed by atoms with van der Waals surface area (Å²) in [4.78, 5) is 41.0. The van der Waals surface area contributed by atoms with Gasteiger partial charge >= 0.3 is 5.97 Å². The van der Waals surface area contributed by atoms with E-state index in [0.717, 1.165) is 5.56 Å². The summed E-state index contributed by atoms with van der Waals surface area (Å²) in [6.07, 6.45) is 2.93. The summed E-state index contributed by atoms with van der Waals surface area (Å²) in [6.45, 7) is 3.43. The van der Waals surface area contributed by atoms with Crippen LogP contribution in [0.1, 0.15) is 35.8 Å². The molecule has 0 unspecified atom stereocenters. The van der Waals surface area contributed by atoms with Gasteiger partial charge in [0.2, 0.25) is 5.91 Å². The molecular formula is C18H21N3O4S. The largest absolute Gasteiger partial charge is 0.462 e. The van der Waals surface area contributed by atoms with Crippen LogP contribution in [0.15, 0.2) is 46.5 Å². The second-order valence-corrected chi connectivity index (χ2v) is 6.24. The van der Waals surface area contributed by atoms with Crippen LogP contribution in [0.25, 0.3) is 0 Å². The first kappa shape index (κ1) is 19.7. The highest BCUT2D eigenvalue weighted by atomic mass is 32.2. The lowest BCUT2D eigenvalue weighted by molar-refractivity contribution is -0.122. The van der Waals surface area contributed by atoms with Crippen LogP contribution in [0.4, 0.5) is 0 Å². The summed E-state index contributed by atoms with van der Waals surface area (Å²) in [5.74, 6) is -1.09. The molecule has 2 aromatic rings. The molecule has 26 heavy (non-hydrogen) atoms. The molecule has 1 amide bonds. The maximum absolute atomic E-state index is 12.6. The standard InChI is InChI=1S/C18H21N3O4S/c1-4-25-17(24)14-10-19-18(26-3)21(16(14)23)11-15(22)20-12(2)13-8-6-5-7-9-13/h5-10,12H,4,11H2,1-3H3,(H,20,22)/t12-/m0/s1. The Balaban J connectivity index is 2.21. The first-order chi connectivity index (χ1) is 12.5. The summed E-state index contributed by atoms with van der Waals surface area (Å²) in [5, 5.41) is 3.20. The van der Waals surface area contributed by atoms with Crippen LogP contribution in [0.5, 0.6) is 0 Å². The van der Waals surface area contributed by atoms with Crippen molar-refractivity contribution >= 4 is 23.6 Å². The van der Waals surface area contributed by atoms with Gasteiger partial charge in [0.1, 0.15) is 12.1 Å². The van der Waals surface area contributed by atoms with Crippen LogP contribution < -0.4 is 10.9 Å². The molecule has 1 aromatic carbocycles. The number of esters is 1. The van der Waals surface area contributed by atoms with Gasteiger partial charge in [0, 0.05) is 0 Å². The van der Waals surface area contributed by atoms with Gasteiger partial charge in [0.25, 0.3) is 5.56 Å². The molecule has 1 heterocycles. The molecular weight excluding hydrogens is 354 g/mol. The summed E-state index contributed by atoms with van der Waals surface area (Å²) in [5.41, 5.74) is 0.176. The Bertz CT molecular complexity index is 836. The van der Waals surface area contributed by atoms with Gasteiger partial charge in [-0.1, -0.05) is 42.1 Å². The number of hydrogen-bond acceptors (Lipinski definition) is 6. The van der Waals surface area contributed by atoms with Crippen molar-refractivity contribution in [2.45, 2.75) is 31.6 Å². The molecule has 0 aliphatic carbocycles. The van der Waals surface area contributed by atoms with E-state index in [1.54, 1.807) is 13.2 Å². The molecule has 0 aliphatic heterocycles. The number of benzene rings is 1. The number of hydrogen-bond donors (Lipinski definition) is 1. The number of aromatic nitrogens is 2. The Morgan fingerprint density at radius 1 is 1.31 bits per heavy atom. The van der Waals surface area contributed by atoms with Crippen molar-refractivity contribution in [1.82, 2.24) is 14.9 Å². The number of nitrogens with one attached hydrogen (secondary N) is 1. The van der Waals surface area contributed by atoms with E-state index in [4.69, 9.17) is 4.74 Å². The molecule has 138 valence electrons. The average Bonchev–Trinajstić information content (AvgIpc) is 2.64. The maximum Gasteiger partial charge on any atom is 0.345 e. The van der Waals surface area contributed by atoms with Crippen molar-refractivity contribution in [2.24, 2.45) is 0 Å². The normalized spacial score (nSPS) is 11.7. The molecule has 0 aliphatic rings. The Hall–Kier alpha value is -2.61. The molecule has 7 nitrogen and oxygen atoms in total. The molecule has 2 rings (SSSR count). The van der Waals surface area contributed by atoms with E-state index in [-0.39, 0.29) is 30.7 Å². The van der Waals surface area contributed by atoms with E-state index in [2.05, 4.69) is 10.3 Å². The van der Waals surface area contributed by atoms with Crippen LogP contribution in [0.3, 0.4) is 0 Å². The van der Waals surface area contributed by atoms with Gasteiger partial charge in [-0.25, -0.2) is 9.78 Å². The molecule has 0 bridgehead atoms. The maximum atomic E-state index is 12.6. The fraction of sp³-hybridized carbons (Fsp3) is 0.333. The second-order valence-electron chi connectivity index (χ2n) is 5.47. The van der Waals surface area contributed by atoms with Crippen LogP contribution in [0, 0.1) is 0 Å². The topological polar surface area (TPSA) is 90.3 Å². The van der Waals surface area contributed by atoms with Gasteiger partial charge in [0.15, 0.2) is 5.16 Å². The summed E-state index contributed by atoms with van der Waals surface area (Å²) in [6, 6.07) is 9.29. The minimum atomic E-state index is -0.746. The fourth-order valence-corrected chi connectivity index (χ4v) is 2.91. The smallest absolute Gasteiger partial charge is 0.345 e. The zero-order valence-corrected chi connectivity index (χ0v) is 15.7. The van der Waals surface area contributed by atoms with Crippen molar-refractivity contribution in [3.8, 4) is 0 Å². The van der Waals surface area contributed by atoms with Crippen LogP contribution in [0.2, 0.25) is 0 Å². The Kier molecular flexibility index (Phi) is 6.97. The number of thioether (sulfide) groups is 1. The van der Waals surface area contributed by atoms with E-state index >= 15 is 0 Å². The fourth-order valence-electron chi connectivity index (χ4n) is 2.38. The highest BCUT2D eigenvalue weighted by Crippen LogP contribution is 2.12. The number of carbonyl (C=O) groups is 2. The Morgan fingerprint density at radius 2 is 2.00 bits per heavy atom. The second kappa shape index (κ2) is 9.19. The minimum absolute atomic E-state index is 0.150. The van der Waals surface area contributed by atoms with E-state index < -0.39 is 11.5 Å². The van der Waals surface area contributed by atoms with Gasteiger partial charge in [-0.05, 0) is 25.7 Å². The number of amides is 1. The molecule has 0 saturated heterocycles. The van der Waals surface area contributed by atoms with Crippen molar-refractivity contribution in [1.29, 1.82) is 0 Å². The molecule has 0 radical (unpaired) electrons. The molecule has 8 heteroatoms. The van der Waals surface area contributed by atoms with Crippen molar-refractivity contribution in [3.05, 3.63) is 58.0 Å². The van der Waals surface area contributed by atoms with Gasteiger partial charge in [-0.15, -0.1) is 0 Å². The lowest BCUT2D eigenvalue weighted by atomic mass is 10.1. The van der Waals surface area contributed by atoms with Gasteiger partial charge in [-0.3, -0.25) is 14.2 Å². The first-order valence-corrected chi connectivity index (χ1v) is 9.35. The highest BCUT2D eigenvalue weighted by Gasteiger charge is 2.19. The Labute approximate surface area is 155 Å². The third-order valence-corrected chi connectivity index (χ3v) is 4.36. The highest BCUT2D eigenvalue weighted by molar-refractivity contribution is 7.98. The SMILES string of the molecule is CCOC(=O)c1cnc(SC)n(CC(=O)N[C@@H](C)c2ccccc2)c1=O. The van der Waals surface area contributed by atoms with Crippen molar-refractivity contribution < 1.29 is 14.3 Å². The molecule has 1 aromatic heterocycles.